The maximum Gasteiger partial charge on any atom is 0.179 e. The number of pyridine rings is 1. The molecule has 0 saturated carbocycles. The summed E-state index contributed by atoms with van der Waals surface area (Å²) in [6, 6.07) is 25.1. The normalized spacial score (nSPS) is 15.4. The van der Waals surface area contributed by atoms with Gasteiger partial charge in [0.2, 0.25) is 0 Å². The van der Waals surface area contributed by atoms with E-state index in [4.69, 9.17) is 15.1 Å². The monoisotopic (exact) mass is 603 g/mol. The Hall–Kier alpha value is -4.76. The van der Waals surface area contributed by atoms with E-state index in [-0.39, 0.29) is 5.75 Å². The van der Waals surface area contributed by atoms with Crippen LogP contribution in [-0.4, -0.2) is 31.5 Å². The summed E-state index contributed by atoms with van der Waals surface area (Å²) in [7, 11) is 0. The van der Waals surface area contributed by atoms with Crippen LogP contribution in [-0.2, 0) is 0 Å². The lowest BCUT2D eigenvalue weighted by molar-refractivity contribution is 0.465. The van der Waals surface area contributed by atoms with Crippen LogP contribution in [0.25, 0.3) is 5.82 Å². The third-order valence-electron chi connectivity index (χ3n) is 7.27. The number of rotatable bonds is 3. The molecule has 202 valence electrons. The number of anilines is 2. The molecule has 7 rings (SSSR count). The lowest BCUT2D eigenvalue weighted by Gasteiger charge is -2.40. The molecule has 0 radical (unpaired) electrons. The number of hydrogen-bond acceptors (Lipinski definition) is 7. The standard InChI is InChI=1S/C32H26BrN7O/c1-18-14-19(2)16-22(15-18)35-30-32-37-31-28(20(3)38-40(31)27-10-6-7-13-34-27)29(23-17-21(33)11-12-26(23)41)39(32)25-9-5-4-8-24(25)36-30/h4-17,29,41H,1-3H3,(H,35,36)/t29-/m0/s1. The Kier molecular flexibility index (Phi) is 5.97. The highest BCUT2D eigenvalue weighted by Gasteiger charge is 2.42. The van der Waals surface area contributed by atoms with Gasteiger partial charge in [-0.1, -0.05) is 40.2 Å². The zero-order chi connectivity index (χ0) is 28.2. The van der Waals surface area contributed by atoms with Crippen molar-refractivity contribution in [1.82, 2.24) is 14.8 Å². The van der Waals surface area contributed by atoms with Crippen LogP contribution in [0.4, 0.5) is 22.9 Å². The van der Waals surface area contributed by atoms with E-state index >= 15 is 0 Å². The SMILES string of the molecule is Cc1cc(C)cc(NC2=Nc3ccccc3N3C2=Nc2c(c(C)nn2-c2ccccn2)[C@@H]3c2cc(Br)ccc2O)c1. The smallest absolute Gasteiger partial charge is 0.179 e. The summed E-state index contributed by atoms with van der Waals surface area (Å²) in [5.74, 6) is 2.70. The van der Waals surface area contributed by atoms with Gasteiger partial charge in [-0.25, -0.2) is 15.0 Å². The molecule has 2 N–H and O–H groups in total. The number of aryl methyl sites for hydroxylation is 3. The molecule has 9 heteroatoms. The molecule has 8 nitrogen and oxygen atoms in total. The Morgan fingerprint density at radius 3 is 2.44 bits per heavy atom. The average molecular weight is 605 g/mol. The number of nitrogens with zero attached hydrogens (tertiary/aromatic N) is 6. The second-order valence-corrected chi connectivity index (χ2v) is 11.2. The second-order valence-electron chi connectivity index (χ2n) is 10.3. The van der Waals surface area contributed by atoms with Crippen LogP contribution in [0.3, 0.4) is 0 Å². The number of hydrogen-bond donors (Lipinski definition) is 2. The van der Waals surface area contributed by atoms with Crippen LogP contribution in [0.2, 0.25) is 0 Å². The molecule has 3 aromatic carbocycles. The number of fused-ring (bicyclic) bond motifs is 4. The van der Waals surface area contributed by atoms with Crippen LogP contribution in [0.15, 0.2) is 99.5 Å². The average Bonchev–Trinajstić information content (AvgIpc) is 3.29. The first-order valence-corrected chi connectivity index (χ1v) is 14.1. The minimum Gasteiger partial charge on any atom is -0.508 e. The van der Waals surface area contributed by atoms with Crippen LogP contribution >= 0.6 is 15.9 Å². The number of aromatic nitrogens is 3. The fourth-order valence-corrected chi connectivity index (χ4v) is 6.04. The number of amidine groups is 2. The first-order chi connectivity index (χ1) is 19.9. The van der Waals surface area contributed by atoms with Crippen molar-refractivity contribution in [3.8, 4) is 11.6 Å². The van der Waals surface area contributed by atoms with Crippen molar-refractivity contribution < 1.29 is 5.11 Å². The summed E-state index contributed by atoms with van der Waals surface area (Å²) in [6.45, 7) is 6.12. The number of aromatic hydroxyl groups is 1. The van der Waals surface area contributed by atoms with Gasteiger partial charge in [0, 0.05) is 27.5 Å². The Balaban J connectivity index is 1.52. The number of halogens is 1. The van der Waals surface area contributed by atoms with E-state index < -0.39 is 6.04 Å². The summed E-state index contributed by atoms with van der Waals surface area (Å²) in [5, 5.41) is 19.7. The third-order valence-corrected chi connectivity index (χ3v) is 7.77. The van der Waals surface area contributed by atoms with Gasteiger partial charge in [0.1, 0.15) is 5.75 Å². The lowest BCUT2D eigenvalue weighted by Crippen LogP contribution is -2.46. The number of phenols is 1. The van der Waals surface area contributed by atoms with Crippen molar-refractivity contribution in [3.05, 3.63) is 117 Å². The fourth-order valence-electron chi connectivity index (χ4n) is 5.66. The topological polar surface area (TPSA) is 90.9 Å². The van der Waals surface area contributed by atoms with E-state index in [1.807, 2.05) is 61.5 Å². The van der Waals surface area contributed by atoms with Crippen LogP contribution in [0.5, 0.6) is 5.75 Å². The van der Waals surface area contributed by atoms with Gasteiger partial charge in [0.25, 0.3) is 0 Å². The molecule has 2 aliphatic heterocycles. The summed E-state index contributed by atoms with van der Waals surface area (Å²) < 4.78 is 2.63. The van der Waals surface area contributed by atoms with Crippen molar-refractivity contribution in [1.29, 1.82) is 0 Å². The van der Waals surface area contributed by atoms with E-state index in [1.165, 1.54) is 0 Å². The second kappa shape index (κ2) is 9.71. The highest BCUT2D eigenvalue weighted by Crippen LogP contribution is 2.50. The molecule has 0 aliphatic carbocycles. The Morgan fingerprint density at radius 1 is 0.878 bits per heavy atom. The summed E-state index contributed by atoms with van der Waals surface area (Å²) >= 11 is 3.63. The molecule has 0 fully saturated rings. The summed E-state index contributed by atoms with van der Waals surface area (Å²) in [4.78, 5) is 17.0. The lowest BCUT2D eigenvalue weighted by atomic mass is 9.92. The Bertz CT molecular complexity index is 1870. The number of para-hydroxylation sites is 2. The number of phenolic OH excluding ortho intramolecular Hbond substituents is 1. The van der Waals surface area contributed by atoms with E-state index in [1.54, 1.807) is 16.9 Å². The fraction of sp³-hybridized carbons (Fsp3) is 0.125. The van der Waals surface area contributed by atoms with E-state index in [9.17, 15) is 5.11 Å². The van der Waals surface area contributed by atoms with Gasteiger partial charge in [-0.15, -0.1) is 0 Å². The Labute approximate surface area is 245 Å². The largest absolute Gasteiger partial charge is 0.508 e. The molecular weight excluding hydrogens is 578 g/mol. The van der Waals surface area contributed by atoms with Crippen LogP contribution in [0.1, 0.15) is 34.0 Å². The van der Waals surface area contributed by atoms with Gasteiger partial charge >= 0.3 is 0 Å². The molecule has 0 amide bonds. The molecule has 41 heavy (non-hydrogen) atoms. The summed E-state index contributed by atoms with van der Waals surface area (Å²) in [6.07, 6.45) is 1.74. The predicted octanol–water partition coefficient (Wildman–Crippen LogP) is 7.46. The number of benzene rings is 3. The molecule has 0 saturated heterocycles. The zero-order valence-corrected chi connectivity index (χ0v) is 24.3. The predicted molar refractivity (Wildman–Crippen MR) is 166 cm³/mol. The first-order valence-electron chi connectivity index (χ1n) is 13.3. The van der Waals surface area contributed by atoms with E-state index in [0.29, 0.717) is 23.3 Å². The molecule has 5 aromatic rings. The van der Waals surface area contributed by atoms with Crippen LogP contribution < -0.4 is 10.2 Å². The zero-order valence-electron chi connectivity index (χ0n) is 22.7. The van der Waals surface area contributed by atoms with Crippen LogP contribution in [0, 0.1) is 20.8 Å². The molecule has 2 aliphatic rings. The van der Waals surface area contributed by atoms with Gasteiger partial charge in [-0.3, -0.25) is 0 Å². The van der Waals surface area contributed by atoms with E-state index in [0.717, 1.165) is 49.5 Å². The van der Waals surface area contributed by atoms with Gasteiger partial charge < -0.3 is 15.3 Å². The highest BCUT2D eigenvalue weighted by molar-refractivity contribution is 9.10. The van der Waals surface area contributed by atoms with Gasteiger partial charge in [-0.05, 0) is 86.5 Å². The van der Waals surface area contributed by atoms with Crippen molar-refractivity contribution in [2.45, 2.75) is 26.8 Å². The highest BCUT2D eigenvalue weighted by atomic mass is 79.9. The first kappa shape index (κ1) is 25.2. The summed E-state index contributed by atoms with van der Waals surface area (Å²) in [5.41, 5.74) is 7.30. The molecule has 0 bridgehead atoms. The Morgan fingerprint density at radius 2 is 1.66 bits per heavy atom. The van der Waals surface area contributed by atoms with Crippen molar-refractivity contribution in [2.24, 2.45) is 9.98 Å². The van der Waals surface area contributed by atoms with E-state index in [2.05, 4.69) is 63.2 Å². The van der Waals surface area contributed by atoms with Crippen molar-refractivity contribution >= 4 is 50.5 Å². The number of nitrogens with one attached hydrogen (secondary N) is 1. The molecular formula is C32H26BrN7O. The third kappa shape index (κ3) is 4.29. The molecule has 1 atom stereocenters. The maximum atomic E-state index is 11.3. The van der Waals surface area contributed by atoms with Crippen molar-refractivity contribution in [2.75, 3.05) is 10.2 Å². The molecule has 4 heterocycles. The van der Waals surface area contributed by atoms with Gasteiger partial charge in [-0.2, -0.15) is 9.78 Å². The van der Waals surface area contributed by atoms with Crippen molar-refractivity contribution in [3.63, 3.8) is 0 Å². The molecule has 0 spiro atoms. The van der Waals surface area contributed by atoms with Gasteiger partial charge in [0.15, 0.2) is 23.3 Å². The van der Waals surface area contributed by atoms with Gasteiger partial charge in [0.05, 0.1) is 23.1 Å². The maximum absolute atomic E-state index is 11.3. The minimum atomic E-state index is -0.444. The quantitative estimate of drug-likeness (QED) is 0.223. The minimum absolute atomic E-state index is 0.180. The molecule has 0 unspecified atom stereocenters. The number of aliphatic imine (C=N–C) groups is 2. The molecule has 2 aromatic heterocycles.